The molecule has 0 bridgehead atoms. The van der Waals surface area contributed by atoms with E-state index in [2.05, 4.69) is 20.3 Å². The van der Waals surface area contributed by atoms with Crippen LogP contribution in [-0.4, -0.2) is 33.6 Å². The fraction of sp³-hybridized carbons (Fsp3) is 0.368. The van der Waals surface area contributed by atoms with Crippen LogP contribution < -0.4 is 15.8 Å². The summed E-state index contributed by atoms with van der Waals surface area (Å²) in [6.07, 6.45) is 1.72. The summed E-state index contributed by atoms with van der Waals surface area (Å²) in [5.41, 5.74) is 1.39. The molecule has 0 spiro atoms. The van der Waals surface area contributed by atoms with Crippen LogP contribution in [0.1, 0.15) is 24.1 Å². The Hall–Kier alpha value is -2.45. The van der Waals surface area contributed by atoms with Gasteiger partial charge in [-0.2, -0.15) is 4.52 Å². The molecule has 1 aliphatic rings. The lowest BCUT2D eigenvalue weighted by atomic mass is 9.97. The molecule has 0 unspecified atom stereocenters. The molecule has 1 fully saturated rings. The summed E-state index contributed by atoms with van der Waals surface area (Å²) in [4.78, 5) is 31.8. The third-order valence-corrected chi connectivity index (χ3v) is 6.17. The number of nitrogens with one attached hydrogen (secondary N) is 1. The number of fused-ring (bicyclic) bond motifs is 1. The average Bonchev–Trinajstić information content (AvgIpc) is 3.12. The van der Waals surface area contributed by atoms with Crippen molar-refractivity contribution in [3.63, 3.8) is 0 Å². The third-order valence-electron chi connectivity index (χ3n) is 4.84. The summed E-state index contributed by atoms with van der Waals surface area (Å²) >= 11 is 7.53. The van der Waals surface area contributed by atoms with Crippen molar-refractivity contribution < 1.29 is 4.79 Å². The highest BCUT2D eigenvalue weighted by Gasteiger charge is 2.28. The molecule has 4 rings (SSSR count). The van der Waals surface area contributed by atoms with Gasteiger partial charge in [-0.15, -0.1) is 5.10 Å². The van der Waals surface area contributed by atoms with Gasteiger partial charge in [-0.3, -0.25) is 9.59 Å². The number of carbonyl (C=O) groups excluding carboxylic acids is 1. The van der Waals surface area contributed by atoms with Crippen molar-refractivity contribution in [1.29, 1.82) is 0 Å². The monoisotopic (exact) mass is 417 g/mol. The molecule has 0 radical (unpaired) electrons. The second kappa shape index (κ2) is 7.89. The molecule has 0 aliphatic carbocycles. The molecular formula is C19H20ClN5O2S. The van der Waals surface area contributed by atoms with Crippen molar-refractivity contribution in [3.05, 3.63) is 57.0 Å². The summed E-state index contributed by atoms with van der Waals surface area (Å²) < 4.78 is 1.33. The molecule has 3 heterocycles. The highest BCUT2D eigenvalue weighted by atomic mass is 35.5. The quantitative estimate of drug-likeness (QED) is 0.705. The van der Waals surface area contributed by atoms with Crippen LogP contribution in [0, 0.1) is 12.8 Å². The molecule has 1 saturated heterocycles. The van der Waals surface area contributed by atoms with E-state index in [0.29, 0.717) is 28.8 Å². The number of carbonyl (C=O) groups is 1. The highest BCUT2D eigenvalue weighted by molar-refractivity contribution is 7.20. The van der Waals surface area contributed by atoms with Gasteiger partial charge < -0.3 is 10.2 Å². The van der Waals surface area contributed by atoms with E-state index in [1.165, 1.54) is 21.9 Å². The lowest BCUT2D eigenvalue weighted by molar-refractivity contribution is -0.125. The number of nitrogens with zero attached hydrogens (tertiary/aromatic N) is 4. The Balaban J connectivity index is 1.45. The summed E-state index contributed by atoms with van der Waals surface area (Å²) in [5.74, 6) is -0.119. The van der Waals surface area contributed by atoms with Crippen molar-refractivity contribution in [2.24, 2.45) is 5.92 Å². The average molecular weight is 418 g/mol. The zero-order valence-corrected chi connectivity index (χ0v) is 17.0. The first-order valence-electron chi connectivity index (χ1n) is 9.15. The van der Waals surface area contributed by atoms with E-state index in [0.717, 1.165) is 30.1 Å². The van der Waals surface area contributed by atoms with Crippen molar-refractivity contribution in [2.45, 2.75) is 26.3 Å². The number of amides is 1. The predicted molar refractivity (Wildman–Crippen MR) is 110 cm³/mol. The minimum Gasteiger partial charge on any atom is -0.352 e. The third kappa shape index (κ3) is 3.88. The van der Waals surface area contributed by atoms with E-state index in [1.807, 2.05) is 24.3 Å². The van der Waals surface area contributed by atoms with Crippen molar-refractivity contribution >= 4 is 38.9 Å². The molecule has 1 atom stereocenters. The van der Waals surface area contributed by atoms with E-state index in [4.69, 9.17) is 11.6 Å². The molecule has 28 heavy (non-hydrogen) atoms. The van der Waals surface area contributed by atoms with E-state index in [1.54, 1.807) is 6.92 Å². The first-order chi connectivity index (χ1) is 13.5. The molecule has 0 saturated carbocycles. The maximum absolute atomic E-state index is 12.7. The van der Waals surface area contributed by atoms with Gasteiger partial charge in [-0.25, -0.2) is 4.98 Å². The number of benzene rings is 1. The van der Waals surface area contributed by atoms with E-state index in [-0.39, 0.29) is 17.4 Å². The minimum absolute atomic E-state index is 0.0110. The minimum atomic E-state index is -0.184. The van der Waals surface area contributed by atoms with Crippen molar-refractivity contribution in [1.82, 2.24) is 19.9 Å². The standard InChI is InChI=1S/C19H20ClN5O2S/c1-12-9-16(26)25-18(22-12)28-19(23-25)24-8-4-6-14(11-24)17(27)21-10-13-5-2-3-7-15(13)20/h2-3,5,7,9,14H,4,6,8,10-11H2,1H3,(H,21,27)/t14-/m1/s1. The van der Waals surface area contributed by atoms with E-state index >= 15 is 0 Å². The first kappa shape index (κ1) is 18.9. The number of piperidine rings is 1. The Morgan fingerprint density at radius 3 is 3.04 bits per heavy atom. The van der Waals surface area contributed by atoms with Gasteiger partial charge in [0.05, 0.1) is 5.92 Å². The topological polar surface area (TPSA) is 79.6 Å². The van der Waals surface area contributed by atoms with Gasteiger partial charge in [0.2, 0.25) is 16.0 Å². The van der Waals surface area contributed by atoms with Crippen LogP contribution in [0.15, 0.2) is 35.1 Å². The van der Waals surface area contributed by atoms with Gasteiger partial charge in [0.1, 0.15) is 0 Å². The van der Waals surface area contributed by atoms with Crippen LogP contribution >= 0.6 is 22.9 Å². The normalized spacial score (nSPS) is 17.1. The van der Waals surface area contributed by atoms with Crippen LogP contribution in [0.4, 0.5) is 5.13 Å². The van der Waals surface area contributed by atoms with Gasteiger partial charge in [0.15, 0.2) is 0 Å². The van der Waals surface area contributed by atoms with Gasteiger partial charge in [0, 0.05) is 36.4 Å². The Bertz CT molecular complexity index is 1080. The lowest BCUT2D eigenvalue weighted by Crippen LogP contribution is -2.43. The zero-order chi connectivity index (χ0) is 19.7. The highest BCUT2D eigenvalue weighted by Crippen LogP contribution is 2.27. The first-order valence-corrected chi connectivity index (χ1v) is 10.3. The van der Waals surface area contributed by atoms with Gasteiger partial charge in [-0.05, 0) is 31.4 Å². The largest absolute Gasteiger partial charge is 0.352 e. The fourth-order valence-electron chi connectivity index (χ4n) is 3.37. The number of rotatable bonds is 4. The second-order valence-corrected chi connectivity index (χ2v) is 8.25. The molecule has 2 aromatic heterocycles. The zero-order valence-electron chi connectivity index (χ0n) is 15.4. The van der Waals surface area contributed by atoms with Gasteiger partial charge in [-0.1, -0.05) is 41.1 Å². The molecule has 1 N–H and O–H groups in total. The van der Waals surface area contributed by atoms with Gasteiger partial charge in [0.25, 0.3) is 5.56 Å². The number of aryl methyl sites for hydroxylation is 1. The number of hydrogen-bond acceptors (Lipinski definition) is 6. The van der Waals surface area contributed by atoms with Crippen molar-refractivity contribution in [3.8, 4) is 0 Å². The number of hydrogen-bond donors (Lipinski definition) is 1. The SMILES string of the molecule is Cc1cc(=O)n2nc(N3CCC[C@@H](C(=O)NCc4ccccc4Cl)C3)sc2n1. The second-order valence-electron chi connectivity index (χ2n) is 6.91. The van der Waals surface area contributed by atoms with Crippen LogP contribution in [-0.2, 0) is 11.3 Å². The van der Waals surface area contributed by atoms with Crippen LogP contribution in [0.25, 0.3) is 4.96 Å². The molecule has 1 aliphatic heterocycles. The van der Waals surface area contributed by atoms with E-state index in [9.17, 15) is 9.59 Å². The molecule has 7 nitrogen and oxygen atoms in total. The fourth-order valence-corrected chi connectivity index (χ4v) is 4.56. The molecule has 1 amide bonds. The van der Waals surface area contributed by atoms with Crippen LogP contribution in [0.3, 0.4) is 0 Å². The number of anilines is 1. The van der Waals surface area contributed by atoms with Gasteiger partial charge >= 0.3 is 0 Å². The maximum Gasteiger partial charge on any atom is 0.275 e. The van der Waals surface area contributed by atoms with Crippen molar-refractivity contribution in [2.75, 3.05) is 18.0 Å². The van der Waals surface area contributed by atoms with Crippen LogP contribution in [0.5, 0.6) is 0 Å². The Kier molecular flexibility index (Phi) is 5.32. The molecule has 9 heteroatoms. The maximum atomic E-state index is 12.7. The molecular weight excluding hydrogens is 398 g/mol. The summed E-state index contributed by atoms with van der Waals surface area (Å²) in [5, 5.41) is 8.77. The Labute approximate surface area is 171 Å². The summed E-state index contributed by atoms with van der Waals surface area (Å²) in [7, 11) is 0. The summed E-state index contributed by atoms with van der Waals surface area (Å²) in [6.45, 7) is 3.58. The summed E-state index contributed by atoms with van der Waals surface area (Å²) in [6, 6.07) is 8.96. The molecule has 3 aromatic rings. The number of halogens is 1. The smallest absolute Gasteiger partial charge is 0.275 e. The van der Waals surface area contributed by atoms with E-state index < -0.39 is 0 Å². The lowest BCUT2D eigenvalue weighted by Gasteiger charge is -2.31. The Morgan fingerprint density at radius 1 is 1.39 bits per heavy atom. The predicted octanol–water partition coefficient (Wildman–Crippen LogP) is 2.65. The van der Waals surface area contributed by atoms with Crippen LogP contribution in [0.2, 0.25) is 5.02 Å². The molecule has 146 valence electrons. The number of aromatic nitrogens is 3. The molecule has 1 aromatic carbocycles. The Morgan fingerprint density at radius 2 is 2.21 bits per heavy atom.